The van der Waals surface area contributed by atoms with Gasteiger partial charge in [0.2, 0.25) is 0 Å². The molecule has 0 bridgehead atoms. The van der Waals surface area contributed by atoms with E-state index >= 15 is 0 Å². The lowest BCUT2D eigenvalue weighted by molar-refractivity contribution is 0.413. The van der Waals surface area contributed by atoms with Gasteiger partial charge >= 0.3 is 0 Å². The monoisotopic (exact) mass is 439 g/mol. The summed E-state index contributed by atoms with van der Waals surface area (Å²) < 4.78 is 5.82. The Hall–Kier alpha value is -4.10. The third-order valence-electron chi connectivity index (χ3n) is 6.27. The molecular formula is C33H27O. The van der Waals surface area contributed by atoms with Crippen molar-refractivity contribution in [2.75, 3.05) is 7.11 Å². The summed E-state index contributed by atoms with van der Waals surface area (Å²) in [4.78, 5) is 0. The number of hydrogen-bond acceptors (Lipinski definition) is 1. The standard InChI is InChI=1S/C33H27O/c1-34-31-23-29(32(25-14-6-2-7-15-25)26-16-8-3-9-17-26)22-30(24-31)33(27-18-10-4-11-19-27)28-20-12-5-13-21-28/h2-21,23-24,32-33H,1H3. The summed E-state index contributed by atoms with van der Waals surface area (Å²) >= 11 is 0. The van der Waals surface area contributed by atoms with Crippen molar-refractivity contribution in [2.24, 2.45) is 0 Å². The van der Waals surface area contributed by atoms with Gasteiger partial charge in [0, 0.05) is 11.8 Å². The first-order chi connectivity index (χ1) is 16.8. The predicted molar refractivity (Wildman–Crippen MR) is 139 cm³/mol. The van der Waals surface area contributed by atoms with Gasteiger partial charge in [-0.25, -0.2) is 0 Å². The molecule has 0 saturated heterocycles. The summed E-state index contributed by atoms with van der Waals surface area (Å²) in [5.41, 5.74) is 7.15. The van der Waals surface area contributed by atoms with Crippen molar-refractivity contribution in [3.8, 4) is 5.75 Å². The summed E-state index contributed by atoms with van der Waals surface area (Å²) in [6.45, 7) is 0. The Kier molecular flexibility index (Phi) is 6.54. The maximum absolute atomic E-state index is 5.82. The van der Waals surface area contributed by atoms with E-state index in [1.165, 1.54) is 22.3 Å². The molecule has 0 aliphatic rings. The van der Waals surface area contributed by atoms with Crippen LogP contribution < -0.4 is 4.74 Å². The molecule has 1 heteroatoms. The van der Waals surface area contributed by atoms with Crippen LogP contribution in [0.4, 0.5) is 0 Å². The van der Waals surface area contributed by atoms with Crippen LogP contribution >= 0.6 is 0 Å². The van der Waals surface area contributed by atoms with Crippen LogP contribution in [0.3, 0.4) is 0 Å². The minimum absolute atomic E-state index is 0.0587. The van der Waals surface area contributed by atoms with Crippen molar-refractivity contribution in [2.45, 2.75) is 11.8 Å². The molecule has 0 N–H and O–H groups in total. The average Bonchev–Trinajstić information content (AvgIpc) is 2.91. The van der Waals surface area contributed by atoms with E-state index in [4.69, 9.17) is 4.74 Å². The Labute approximate surface area is 202 Å². The van der Waals surface area contributed by atoms with Crippen LogP contribution in [0.2, 0.25) is 0 Å². The van der Waals surface area contributed by atoms with E-state index in [1.807, 2.05) is 0 Å². The van der Waals surface area contributed by atoms with Crippen LogP contribution in [0.5, 0.6) is 5.75 Å². The fourth-order valence-corrected chi connectivity index (χ4v) is 4.70. The van der Waals surface area contributed by atoms with E-state index in [2.05, 4.69) is 140 Å². The molecule has 1 radical (unpaired) electrons. The highest BCUT2D eigenvalue weighted by Crippen LogP contribution is 2.38. The van der Waals surface area contributed by atoms with Crippen LogP contribution in [-0.4, -0.2) is 7.11 Å². The highest BCUT2D eigenvalue weighted by molar-refractivity contribution is 5.51. The van der Waals surface area contributed by atoms with Crippen molar-refractivity contribution in [1.29, 1.82) is 0 Å². The first kappa shape index (κ1) is 21.7. The number of ether oxygens (including phenoxy) is 1. The summed E-state index contributed by atoms with van der Waals surface area (Å²) in [7, 11) is 1.74. The zero-order valence-corrected chi connectivity index (χ0v) is 19.3. The average molecular weight is 440 g/mol. The second-order valence-electron chi connectivity index (χ2n) is 8.44. The molecule has 0 aliphatic heterocycles. The highest BCUT2D eigenvalue weighted by Gasteiger charge is 2.23. The van der Waals surface area contributed by atoms with E-state index in [9.17, 15) is 0 Å². The maximum atomic E-state index is 5.82. The zero-order valence-electron chi connectivity index (χ0n) is 19.3. The highest BCUT2D eigenvalue weighted by atomic mass is 16.5. The van der Waals surface area contributed by atoms with Crippen molar-refractivity contribution in [3.63, 3.8) is 0 Å². The lowest BCUT2D eigenvalue weighted by Gasteiger charge is -2.24. The number of methoxy groups -OCH3 is 1. The first-order valence-corrected chi connectivity index (χ1v) is 11.6. The van der Waals surface area contributed by atoms with Gasteiger partial charge in [-0.05, 0) is 51.6 Å². The van der Waals surface area contributed by atoms with Gasteiger partial charge in [-0.15, -0.1) is 0 Å². The maximum Gasteiger partial charge on any atom is 0.119 e. The molecule has 0 unspecified atom stereocenters. The van der Waals surface area contributed by atoms with Gasteiger partial charge in [0.1, 0.15) is 5.75 Å². The first-order valence-electron chi connectivity index (χ1n) is 11.6. The molecule has 5 aromatic rings. The van der Waals surface area contributed by atoms with Gasteiger partial charge in [0.25, 0.3) is 0 Å². The predicted octanol–water partition coefficient (Wildman–Crippen LogP) is 7.86. The van der Waals surface area contributed by atoms with Gasteiger partial charge < -0.3 is 4.74 Å². The SMILES string of the molecule is COc1cc(C(c2ccccc2)c2ccccc2)[c]c(C(c2ccccc2)c2ccccc2)c1. The zero-order chi connectivity index (χ0) is 23.2. The van der Waals surface area contributed by atoms with Gasteiger partial charge in [0.15, 0.2) is 0 Å². The summed E-state index contributed by atoms with van der Waals surface area (Å²) in [6, 6.07) is 50.7. The van der Waals surface area contributed by atoms with Crippen molar-refractivity contribution < 1.29 is 4.74 Å². The summed E-state index contributed by atoms with van der Waals surface area (Å²) in [5, 5.41) is 0. The van der Waals surface area contributed by atoms with Gasteiger partial charge in [-0.2, -0.15) is 0 Å². The minimum Gasteiger partial charge on any atom is -0.497 e. The van der Waals surface area contributed by atoms with Crippen LogP contribution in [0, 0.1) is 6.07 Å². The minimum atomic E-state index is 0.0587. The second kappa shape index (κ2) is 10.2. The molecule has 0 atom stereocenters. The number of hydrogen-bond donors (Lipinski definition) is 0. The second-order valence-corrected chi connectivity index (χ2v) is 8.44. The normalized spacial score (nSPS) is 11.0. The Morgan fingerprint density at radius 3 is 1.03 bits per heavy atom. The third-order valence-corrected chi connectivity index (χ3v) is 6.27. The summed E-state index contributed by atoms with van der Waals surface area (Å²) in [6.07, 6.45) is 0. The molecule has 0 heterocycles. The largest absolute Gasteiger partial charge is 0.497 e. The topological polar surface area (TPSA) is 9.23 Å². The fraction of sp³-hybridized carbons (Fsp3) is 0.0909. The van der Waals surface area contributed by atoms with Crippen molar-refractivity contribution >= 4 is 0 Å². The quantitative estimate of drug-likeness (QED) is 0.235. The Morgan fingerprint density at radius 1 is 0.471 bits per heavy atom. The molecular weight excluding hydrogens is 412 g/mol. The Balaban J connectivity index is 1.71. The molecule has 1 nitrogen and oxygen atoms in total. The van der Waals surface area contributed by atoms with Crippen LogP contribution in [-0.2, 0) is 0 Å². The fourth-order valence-electron chi connectivity index (χ4n) is 4.70. The van der Waals surface area contributed by atoms with Gasteiger partial charge in [0.05, 0.1) is 7.11 Å². The van der Waals surface area contributed by atoms with Crippen molar-refractivity contribution in [1.82, 2.24) is 0 Å². The molecule has 5 rings (SSSR count). The lowest BCUT2D eigenvalue weighted by atomic mass is 9.80. The third kappa shape index (κ3) is 4.65. The van der Waals surface area contributed by atoms with Crippen LogP contribution in [0.25, 0.3) is 0 Å². The molecule has 0 amide bonds. The molecule has 0 aliphatic carbocycles. The lowest BCUT2D eigenvalue weighted by Crippen LogP contribution is -2.08. The van der Waals surface area contributed by atoms with E-state index in [0.717, 1.165) is 16.9 Å². The van der Waals surface area contributed by atoms with Crippen LogP contribution in [0.15, 0.2) is 133 Å². The molecule has 34 heavy (non-hydrogen) atoms. The molecule has 0 spiro atoms. The van der Waals surface area contributed by atoms with Crippen LogP contribution in [0.1, 0.15) is 45.2 Å². The van der Waals surface area contributed by atoms with E-state index in [0.29, 0.717) is 0 Å². The number of benzene rings is 5. The Morgan fingerprint density at radius 2 is 0.765 bits per heavy atom. The van der Waals surface area contributed by atoms with Gasteiger partial charge in [-0.1, -0.05) is 121 Å². The van der Waals surface area contributed by atoms with E-state index in [-0.39, 0.29) is 11.8 Å². The smallest absolute Gasteiger partial charge is 0.119 e. The molecule has 0 fully saturated rings. The molecule has 5 aromatic carbocycles. The Bertz CT molecular complexity index is 1130. The van der Waals surface area contributed by atoms with E-state index in [1.54, 1.807) is 7.11 Å². The van der Waals surface area contributed by atoms with Gasteiger partial charge in [-0.3, -0.25) is 0 Å². The molecule has 0 aromatic heterocycles. The summed E-state index contributed by atoms with van der Waals surface area (Å²) in [5.74, 6) is 0.962. The molecule has 0 saturated carbocycles. The van der Waals surface area contributed by atoms with E-state index < -0.39 is 0 Å². The van der Waals surface area contributed by atoms with Crippen molar-refractivity contribution in [3.05, 3.63) is 173 Å². The molecule has 165 valence electrons. The number of rotatable bonds is 7.